The minimum atomic E-state index is -0.529. The Kier molecular flexibility index (Phi) is 4.46. The van der Waals surface area contributed by atoms with Crippen molar-refractivity contribution in [3.05, 3.63) is 65.3 Å². The summed E-state index contributed by atoms with van der Waals surface area (Å²) in [6.07, 6.45) is 3.23. The predicted molar refractivity (Wildman–Crippen MR) is 102 cm³/mol. The highest BCUT2D eigenvalue weighted by Gasteiger charge is 2.43. The molecule has 1 aliphatic heterocycles. The Hall–Kier alpha value is -3.42. The van der Waals surface area contributed by atoms with Crippen molar-refractivity contribution in [3.8, 4) is 0 Å². The molecule has 8 heteroatoms. The summed E-state index contributed by atoms with van der Waals surface area (Å²) in [4.78, 5) is 28.5. The van der Waals surface area contributed by atoms with Gasteiger partial charge in [0.1, 0.15) is 11.8 Å². The van der Waals surface area contributed by atoms with Gasteiger partial charge in [-0.25, -0.2) is 9.69 Å². The normalized spacial score (nSPS) is 17.0. The summed E-state index contributed by atoms with van der Waals surface area (Å²) >= 11 is 0. The molecule has 8 nitrogen and oxygen atoms in total. The number of aryl methyl sites for hydroxylation is 2. The van der Waals surface area contributed by atoms with Gasteiger partial charge in [-0.1, -0.05) is 35.5 Å². The highest BCUT2D eigenvalue weighted by molar-refractivity contribution is 6.21. The van der Waals surface area contributed by atoms with Gasteiger partial charge >= 0.3 is 6.03 Å². The Morgan fingerprint density at radius 2 is 1.86 bits per heavy atom. The monoisotopic (exact) mass is 379 g/mol. The molecule has 0 aliphatic carbocycles. The third-order valence-corrected chi connectivity index (χ3v) is 5.06. The number of urea groups is 1. The molecule has 0 spiro atoms. The summed E-state index contributed by atoms with van der Waals surface area (Å²) in [5.74, 6) is 0.475. The molecule has 0 N–H and O–H groups in total. The molecule has 1 saturated heterocycles. The third kappa shape index (κ3) is 3.06. The van der Waals surface area contributed by atoms with Gasteiger partial charge in [0.15, 0.2) is 0 Å². The Bertz CT molecular complexity index is 1000. The Morgan fingerprint density at radius 3 is 2.54 bits per heavy atom. The van der Waals surface area contributed by atoms with Gasteiger partial charge in [-0.3, -0.25) is 9.48 Å². The molecule has 1 atom stereocenters. The molecule has 1 unspecified atom stereocenters. The minimum absolute atomic E-state index is 0.252. The van der Waals surface area contributed by atoms with Gasteiger partial charge in [-0.15, -0.1) is 0 Å². The standard InChI is InChI=1S/C20H21N5O3/c1-13-18(15(3)28-22-13)12-23-11-17(9-21-23)25-19(26)14(2)24(20(25)27)10-16-7-5-4-6-8-16/h4-9,11,14H,10,12H2,1-3H3. The van der Waals surface area contributed by atoms with Gasteiger partial charge in [0.25, 0.3) is 5.91 Å². The SMILES string of the molecule is Cc1noc(C)c1Cn1cc(N2C(=O)C(C)N(Cc3ccccc3)C2=O)cn1. The van der Waals surface area contributed by atoms with Crippen molar-refractivity contribution in [1.29, 1.82) is 0 Å². The predicted octanol–water partition coefficient (Wildman–Crippen LogP) is 2.89. The van der Waals surface area contributed by atoms with Crippen LogP contribution in [0.2, 0.25) is 0 Å². The number of carbonyl (C=O) groups excluding carboxylic acids is 2. The Labute approximate surface area is 162 Å². The molecule has 1 fully saturated rings. The molecule has 0 saturated carbocycles. The molecule has 1 aliphatic rings. The quantitative estimate of drug-likeness (QED) is 0.637. The Morgan fingerprint density at radius 1 is 1.11 bits per heavy atom. The van der Waals surface area contributed by atoms with E-state index in [1.807, 2.05) is 44.2 Å². The lowest BCUT2D eigenvalue weighted by Crippen LogP contribution is -2.33. The number of imide groups is 1. The number of hydrogen-bond donors (Lipinski definition) is 0. The maximum absolute atomic E-state index is 12.9. The average molecular weight is 379 g/mol. The second-order valence-electron chi connectivity index (χ2n) is 6.94. The molecule has 28 heavy (non-hydrogen) atoms. The summed E-state index contributed by atoms with van der Waals surface area (Å²) < 4.78 is 6.85. The summed E-state index contributed by atoms with van der Waals surface area (Å²) in [5, 5.41) is 8.24. The zero-order chi connectivity index (χ0) is 19.8. The first-order valence-corrected chi connectivity index (χ1v) is 9.08. The number of anilines is 1. The number of nitrogens with zero attached hydrogens (tertiary/aromatic N) is 5. The van der Waals surface area contributed by atoms with Gasteiger partial charge in [-0.05, 0) is 26.3 Å². The third-order valence-electron chi connectivity index (χ3n) is 5.06. The van der Waals surface area contributed by atoms with Crippen LogP contribution in [-0.4, -0.2) is 37.8 Å². The molecule has 0 bridgehead atoms. The van der Waals surface area contributed by atoms with Crippen LogP contribution in [0.1, 0.15) is 29.5 Å². The largest absolute Gasteiger partial charge is 0.361 e. The minimum Gasteiger partial charge on any atom is -0.361 e. The average Bonchev–Trinajstić information content (AvgIpc) is 3.33. The summed E-state index contributed by atoms with van der Waals surface area (Å²) in [6.45, 7) is 6.30. The summed E-state index contributed by atoms with van der Waals surface area (Å²) in [7, 11) is 0. The maximum atomic E-state index is 12.9. The lowest BCUT2D eigenvalue weighted by atomic mass is 10.2. The van der Waals surface area contributed by atoms with Gasteiger partial charge < -0.3 is 9.42 Å². The molecular weight excluding hydrogens is 358 g/mol. The smallest absolute Gasteiger partial charge is 0.332 e. The molecule has 0 radical (unpaired) electrons. The number of benzene rings is 1. The second kappa shape index (κ2) is 6.95. The van der Waals surface area contributed by atoms with Gasteiger partial charge in [0.05, 0.1) is 24.1 Å². The molecule has 3 amide bonds. The van der Waals surface area contributed by atoms with Crippen LogP contribution in [0.3, 0.4) is 0 Å². The first-order valence-electron chi connectivity index (χ1n) is 9.08. The Balaban J connectivity index is 1.55. The molecular formula is C20H21N5O3. The molecule has 3 heterocycles. The van der Waals surface area contributed by atoms with Crippen molar-refractivity contribution in [2.45, 2.75) is 39.9 Å². The van der Waals surface area contributed by atoms with E-state index >= 15 is 0 Å². The van der Waals surface area contributed by atoms with Crippen LogP contribution in [0.15, 0.2) is 47.2 Å². The lowest BCUT2D eigenvalue weighted by Gasteiger charge is -2.19. The van der Waals surface area contributed by atoms with E-state index in [0.29, 0.717) is 18.8 Å². The highest BCUT2D eigenvalue weighted by atomic mass is 16.5. The number of rotatable bonds is 5. The van der Waals surface area contributed by atoms with Crippen molar-refractivity contribution < 1.29 is 14.1 Å². The molecule has 1 aromatic carbocycles. The van der Waals surface area contributed by atoms with E-state index in [1.54, 1.807) is 22.7 Å². The maximum Gasteiger partial charge on any atom is 0.332 e. The zero-order valence-corrected chi connectivity index (χ0v) is 16.0. The topological polar surface area (TPSA) is 84.5 Å². The summed E-state index contributed by atoms with van der Waals surface area (Å²) in [6, 6.07) is 8.77. The number of amides is 3. The molecule has 3 aromatic rings. The van der Waals surface area contributed by atoms with E-state index in [9.17, 15) is 9.59 Å². The van der Waals surface area contributed by atoms with Crippen molar-refractivity contribution in [2.24, 2.45) is 0 Å². The van der Waals surface area contributed by atoms with Gasteiger partial charge in [0.2, 0.25) is 0 Å². The second-order valence-corrected chi connectivity index (χ2v) is 6.94. The van der Waals surface area contributed by atoms with E-state index < -0.39 is 6.04 Å². The van der Waals surface area contributed by atoms with E-state index in [1.165, 1.54) is 11.1 Å². The van der Waals surface area contributed by atoms with Gasteiger partial charge in [-0.2, -0.15) is 5.10 Å². The fraction of sp³-hybridized carbons (Fsp3) is 0.300. The highest BCUT2D eigenvalue weighted by Crippen LogP contribution is 2.26. The van der Waals surface area contributed by atoms with E-state index in [-0.39, 0.29) is 11.9 Å². The van der Waals surface area contributed by atoms with Crippen LogP contribution >= 0.6 is 0 Å². The number of carbonyl (C=O) groups is 2. The van der Waals surface area contributed by atoms with Crippen LogP contribution in [0.5, 0.6) is 0 Å². The van der Waals surface area contributed by atoms with Crippen LogP contribution in [0.25, 0.3) is 0 Å². The molecule has 4 rings (SSSR count). The van der Waals surface area contributed by atoms with Crippen molar-refractivity contribution in [1.82, 2.24) is 19.8 Å². The fourth-order valence-electron chi connectivity index (χ4n) is 3.38. The zero-order valence-electron chi connectivity index (χ0n) is 16.0. The lowest BCUT2D eigenvalue weighted by molar-refractivity contribution is -0.119. The first kappa shape index (κ1) is 18.0. The van der Waals surface area contributed by atoms with Crippen molar-refractivity contribution in [3.63, 3.8) is 0 Å². The van der Waals surface area contributed by atoms with Crippen molar-refractivity contribution in [2.75, 3.05) is 4.90 Å². The molecule has 144 valence electrons. The van der Waals surface area contributed by atoms with Gasteiger partial charge in [0, 0.05) is 18.3 Å². The molecule has 2 aromatic heterocycles. The van der Waals surface area contributed by atoms with Crippen LogP contribution < -0.4 is 4.90 Å². The van der Waals surface area contributed by atoms with Crippen LogP contribution in [0.4, 0.5) is 10.5 Å². The van der Waals surface area contributed by atoms with Crippen LogP contribution in [-0.2, 0) is 17.9 Å². The van der Waals surface area contributed by atoms with Crippen molar-refractivity contribution >= 4 is 17.6 Å². The fourth-order valence-corrected chi connectivity index (χ4v) is 3.38. The first-order chi connectivity index (χ1) is 13.5. The number of aromatic nitrogens is 3. The van der Waals surface area contributed by atoms with E-state index in [2.05, 4.69) is 10.3 Å². The van der Waals surface area contributed by atoms with E-state index in [0.717, 1.165) is 22.6 Å². The van der Waals surface area contributed by atoms with Crippen LogP contribution in [0, 0.1) is 13.8 Å². The number of hydrogen-bond acceptors (Lipinski definition) is 5. The van der Waals surface area contributed by atoms with E-state index in [4.69, 9.17) is 4.52 Å². The summed E-state index contributed by atoms with van der Waals surface area (Å²) in [5.41, 5.74) is 3.17.